The Bertz CT molecular complexity index is 786. The van der Waals surface area contributed by atoms with Gasteiger partial charge in [-0.25, -0.2) is 9.78 Å². The standard InChI is InChI=1S/C21H32N6O2.HI/c1-21(2,3)29-20(28)25-12-8-11-24-19(22-4)26-15-18-23-13-14-27(18)16-17-9-6-5-7-10-17;/h5-7,9-10,13-14H,8,11-12,15-16H2,1-4H3,(H,25,28)(H2,22,24,26);1H. The minimum absolute atomic E-state index is 0. The van der Waals surface area contributed by atoms with Crippen LogP contribution in [0.2, 0.25) is 0 Å². The number of hydrogen-bond acceptors (Lipinski definition) is 4. The molecule has 0 saturated carbocycles. The van der Waals surface area contributed by atoms with Crippen LogP contribution in [-0.4, -0.2) is 47.3 Å². The van der Waals surface area contributed by atoms with Crippen molar-refractivity contribution < 1.29 is 9.53 Å². The van der Waals surface area contributed by atoms with Gasteiger partial charge < -0.3 is 25.3 Å². The molecule has 0 fully saturated rings. The Kier molecular flexibility index (Phi) is 11.2. The van der Waals surface area contributed by atoms with Crippen molar-refractivity contribution in [1.82, 2.24) is 25.5 Å². The molecule has 8 nitrogen and oxygen atoms in total. The van der Waals surface area contributed by atoms with Crippen LogP contribution in [0.3, 0.4) is 0 Å². The maximum Gasteiger partial charge on any atom is 0.407 e. The number of alkyl carbamates (subject to hydrolysis) is 1. The van der Waals surface area contributed by atoms with Gasteiger partial charge in [0.05, 0.1) is 6.54 Å². The summed E-state index contributed by atoms with van der Waals surface area (Å²) in [4.78, 5) is 20.3. The zero-order valence-electron chi connectivity index (χ0n) is 18.1. The fourth-order valence-corrected chi connectivity index (χ4v) is 2.61. The van der Waals surface area contributed by atoms with E-state index in [4.69, 9.17) is 4.74 Å². The molecule has 0 bridgehead atoms. The number of imidazole rings is 1. The second kappa shape index (κ2) is 13.1. The highest BCUT2D eigenvalue weighted by Crippen LogP contribution is 2.06. The number of nitrogens with zero attached hydrogens (tertiary/aromatic N) is 3. The minimum atomic E-state index is -0.486. The van der Waals surface area contributed by atoms with Crippen molar-refractivity contribution in [2.75, 3.05) is 20.1 Å². The van der Waals surface area contributed by atoms with Crippen LogP contribution < -0.4 is 16.0 Å². The van der Waals surface area contributed by atoms with Crippen molar-refractivity contribution in [3.63, 3.8) is 0 Å². The monoisotopic (exact) mass is 528 g/mol. The van der Waals surface area contributed by atoms with E-state index in [1.54, 1.807) is 13.2 Å². The summed E-state index contributed by atoms with van der Waals surface area (Å²) in [5.74, 6) is 1.62. The molecule has 9 heteroatoms. The smallest absolute Gasteiger partial charge is 0.407 e. The number of guanidine groups is 1. The number of carbonyl (C=O) groups excluding carboxylic acids is 1. The van der Waals surface area contributed by atoms with E-state index in [9.17, 15) is 4.79 Å². The molecule has 3 N–H and O–H groups in total. The molecule has 0 aliphatic carbocycles. The lowest BCUT2D eigenvalue weighted by molar-refractivity contribution is 0.0527. The van der Waals surface area contributed by atoms with Crippen LogP contribution in [0.1, 0.15) is 38.6 Å². The van der Waals surface area contributed by atoms with Crippen LogP contribution in [-0.2, 0) is 17.8 Å². The molecule has 0 unspecified atom stereocenters. The van der Waals surface area contributed by atoms with Crippen molar-refractivity contribution in [3.05, 3.63) is 54.1 Å². The Morgan fingerprint density at radius 1 is 1.13 bits per heavy atom. The van der Waals surface area contributed by atoms with Gasteiger partial charge in [0.1, 0.15) is 11.4 Å². The van der Waals surface area contributed by atoms with E-state index in [1.165, 1.54) is 5.56 Å². The summed E-state index contributed by atoms with van der Waals surface area (Å²) in [5, 5.41) is 9.25. The summed E-state index contributed by atoms with van der Waals surface area (Å²) in [7, 11) is 1.73. The quantitative estimate of drug-likeness (QED) is 0.212. The van der Waals surface area contributed by atoms with Crippen LogP contribution in [0.25, 0.3) is 0 Å². The third-order valence-electron chi connectivity index (χ3n) is 3.95. The maximum absolute atomic E-state index is 11.6. The van der Waals surface area contributed by atoms with Gasteiger partial charge in [-0.15, -0.1) is 24.0 Å². The van der Waals surface area contributed by atoms with Gasteiger partial charge in [-0.3, -0.25) is 4.99 Å². The highest BCUT2D eigenvalue weighted by molar-refractivity contribution is 14.0. The van der Waals surface area contributed by atoms with Crippen molar-refractivity contribution in [2.45, 2.75) is 45.9 Å². The fourth-order valence-electron chi connectivity index (χ4n) is 2.61. The Hall–Kier alpha value is -2.30. The topological polar surface area (TPSA) is 92.6 Å². The van der Waals surface area contributed by atoms with Gasteiger partial charge >= 0.3 is 6.09 Å². The van der Waals surface area contributed by atoms with Gasteiger partial charge in [0.2, 0.25) is 0 Å². The second-order valence-corrected chi connectivity index (χ2v) is 7.59. The van der Waals surface area contributed by atoms with E-state index in [-0.39, 0.29) is 24.0 Å². The highest BCUT2D eigenvalue weighted by atomic mass is 127. The zero-order valence-corrected chi connectivity index (χ0v) is 20.5. The van der Waals surface area contributed by atoms with E-state index >= 15 is 0 Å². The molecule has 0 aliphatic rings. The van der Waals surface area contributed by atoms with E-state index < -0.39 is 11.7 Å². The molecule has 0 atom stereocenters. The summed E-state index contributed by atoms with van der Waals surface area (Å²) in [5.41, 5.74) is 0.743. The number of halogens is 1. The van der Waals surface area contributed by atoms with Crippen LogP contribution in [0.15, 0.2) is 47.7 Å². The average Bonchev–Trinajstić information content (AvgIpc) is 3.10. The molecule has 0 radical (unpaired) electrons. The van der Waals surface area contributed by atoms with Crippen LogP contribution in [0, 0.1) is 0 Å². The molecular formula is C21H33IN6O2. The van der Waals surface area contributed by atoms with Gasteiger partial charge in [-0.1, -0.05) is 30.3 Å². The van der Waals surface area contributed by atoms with Crippen molar-refractivity contribution in [1.29, 1.82) is 0 Å². The summed E-state index contributed by atoms with van der Waals surface area (Å²) < 4.78 is 7.32. The molecule has 0 saturated heterocycles. The van der Waals surface area contributed by atoms with Gasteiger partial charge in [0.15, 0.2) is 5.96 Å². The first-order valence-electron chi connectivity index (χ1n) is 9.82. The summed E-state index contributed by atoms with van der Waals surface area (Å²) >= 11 is 0. The Labute approximate surface area is 195 Å². The van der Waals surface area contributed by atoms with Gasteiger partial charge in [-0.2, -0.15) is 0 Å². The second-order valence-electron chi connectivity index (χ2n) is 7.59. The molecule has 0 spiro atoms. The van der Waals surface area contributed by atoms with Gasteiger partial charge in [0.25, 0.3) is 0 Å². The molecule has 1 heterocycles. The molecular weight excluding hydrogens is 495 g/mol. The number of aromatic nitrogens is 2. The third kappa shape index (κ3) is 9.95. The lowest BCUT2D eigenvalue weighted by Crippen LogP contribution is -2.39. The third-order valence-corrected chi connectivity index (χ3v) is 3.95. The predicted molar refractivity (Wildman–Crippen MR) is 130 cm³/mol. The molecule has 0 aliphatic heterocycles. The first-order chi connectivity index (χ1) is 13.9. The Morgan fingerprint density at radius 2 is 1.83 bits per heavy atom. The van der Waals surface area contributed by atoms with Gasteiger partial charge in [-0.05, 0) is 32.8 Å². The number of ether oxygens (including phenoxy) is 1. The Balaban J connectivity index is 0.00000450. The number of rotatable bonds is 8. The van der Waals surface area contributed by atoms with Crippen LogP contribution in [0.5, 0.6) is 0 Å². The number of aliphatic imine (C=N–C) groups is 1. The lowest BCUT2D eigenvalue weighted by Gasteiger charge is -2.19. The number of benzene rings is 1. The SMILES string of the molecule is CN=C(NCCCNC(=O)OC(C)(C)C)NCc1nccn1Cc1ccccc1.I. The largest absolute Gasteiger partial charge is 0.444 e. The molecule has 2 aromatic rings. The van der Waals surface area contributed by atoms with E-state index in [0.717, 1.165) is 18.8 Å². The zero-order chi connectivity index (χ0) is 21.1. The van der Waals surface area contributed by atoms with E-state index in [2.05, 4.69) is 42.6 Å². The van der Waals surface area contributed by atoms with Crippen LogP contribution in [0.4, 0.5) is 4.79 Å². The molecule has 1 aromatic heterocycles. The predicted octanol–water partition coefficient (Wildman–Crippen LogP) is 3.13. The van der Waals surface area contributed by atoms with Crippen LogP contribution >= 0.6 is 24.0 Å². The average molecular weight is 528 g/mol. The number of nitrogens with one attached hydrogen (secondary N) is 3. The number of carbonyl (C=O) groups is 1. The van der Waals surface area contributed by atoms with E-state index in [1.807, 2.05) is 45.2 Å². The molecule has 2 rings (SSSR count). The molecule has 166 valence electrons. The molecule has 1 aromatic carbocycles. The first-order valence-corrected chi connectivity index (χ1v) is 9.82. The van der Waals surface area contributed by atoms with Crippen molar-refractivity contribution in [2.24, 2.45) is 4.99 Å². The van der Waals surface area contributed by atoms with E-state index in [0.29, 0.717) is 25.6 Å². The number of amides is 1. The number of hydrogen-bond donors (Lipinski definition) is 3. The van der Waals surface area contributed by atoms with Crippen molar-refractivity contribution >= 4 is 36.0 Å². The summed E-state index contributed by atoms with van der Waals surface area (Å²) in [6.07, 6.45) is 4.13. The first kappa shape index (κ1) is 25.7. The molecule has 30 heavy (non-hydrogen) atoms. The maximum atomic E-state index is 11.6. The lowest BCUT2D eigenvalue weighted by atomic mass is 10.2. The normalized spacial score (nSPS) is 11.4. The highest BCUT2D eigenvalue weighted by Gasteiger charge is 2.15. The minimum Gasteiger partial charge on any atom is -0.444 e. The van der Waals surface area contributed by atoms with Gasteiger partial charge in [0, 0.05) is 39.1 Å². The molecule has 1 amide bonds. The fraction of sp³-hybridized carbons (Fsp3) is 0.476. The summed E-state index contributed by atoms with van der Waals surface area (Å²) in [6, 6.07) is 10.3. The van der Waals surface area contributed by atoms with Crippen molar-refractivity contribution in [3.8, 4) is 0 Å². The summed E-state index contributed by atoms with van der Waals surface area (Å²) in [6.45, 7) is 8.07. The Morgan fingerprint density at radius 3 is 2.50 bits per heavy atom.